The van der Waals surface area contributed by atoms with Crippen molar-refractivity contribution in [2.75, 3.05) is 32.2 Å². The number of ether oxygens (including phenoxy) is 1. The van der Waals surface area contributed by atoms with E-state index in [1.54, 1.807) is 12.3 Å². The van der Waals surface area contributed by atoms with Gasteiger partial charge >= 0.3 is 0 Å². The minimum Gasteiger partial charge on any atom is -0.394 e. The zero-order chi connectivity index (χ0) is 20.0. The maximum Gasteiger partial charge on any atom is 0.101 e. The van der Waals surface area contributed by atoms with Crippen LogP contribution in [0.25, 0.3) is 10.9 Å². The number of aromatic nitrogens is 1. The lowest BCUT2D eigenvalue weighted by atomic mass is 10.0. The van der Waals surface area contributed by atoms with Gasteiger partial charge in [-0.15, -0.1) is 0 Å². The van der Waals surface area contributed by atoms with Gasteiger partial charge in [0.15, 0.2) is 0 Å². The highest BCUT2D eigenvalue weighted by atomic mass is 16.5. The number of aryl methyl sites for hydroxylation is 1. The quantitative estimate of drug-likeness (QED) is 0.590. The monoisotopic (exact) mass is 368 g/mol. The third kappa shape index (κ3) is 4.33. The molecule has 1 aromatic heterocycles. The Morgan fingerprint density at radius 2 is 2.26 bits per heavy atom. The van der Waals surface area contributed by atoms with E-state index >= 15 is 0 Å². The number of nitrogens with zero attached hydrogens (tertiary/aromatic N) is 2. The van der Waals surface area contributed by atoms with E-state index in [0.717, 1.165) is 27.9 Å². The number of fused-ring (bicyclic) bond motifs is 1. The number of benzene rings is 1. The fourth-order valence-corrected chi connectivity index (χ4v) is 2.85. The van der Waals surface area contributed by atoms with Crippen molar-refractivity contribution >= 4 is 16.6 Å². The first-order chi connectivity index (χ1) is 12.9. The molecule has 0 aliphatic rings. The summed E-state index contributed by atoms with van der Waals surface area (Å²) in [7, 11) is 1.90. The molecule has 1 unspecified atom stereocenters. The summed E-state index contributed by atoms with van der Waals surface area (Å²) in [5.74, 6) is 0. The van der Waals surface area contributed by atoms with Gasteiger partial charge in [0, 0.05) is 31.4 Å². The number of hydrogen-bond acceptors (Lipinski definition) is 5. The lowest BCUT2D eigenvalue weighted by Crippen LogP contribution is -2.48. The predicted octanol–water partition coefficient (Wildman–Crippen LogP) is 3.51. The molecule has 2 rings (SSSR count). The molecule has 0 saturated heterocycles. The maximum atomic E-state index is 9.83. The topological polar surface area (TPSA) is 84.3 Å². The number of likely N-dealkylation sites (N-methyl/N-ethyl adjacent to an activating group) is 1. The second kappa shape index (κ2) is 8.76. The van der Waals surface area contributed by atoms with Crippen molar-refractivity contribution in [2.24, 2.45) is 0 Å². The van der Waals surface area contributed by atoms with E-state index < -0.39 is 5.54 Å². The summed E-state index contributed by atoms with van der Waals surface area (Å²) in [6.45, 7) is 10.7. The second-order valence-electron chi connectivity index (χ2n) is 6.81. The molecule has 1 atom stereocenters. The molecule has 27 heavy (non-hydrogen) atoms. The normalized spacial score (nSPS) is 13.9. The van der Waals surface area contributed by atoms with Crippen molar-refractivity contribution in [2.45, 2.75) is 26.3 Å². The van der Waals surface area contributed by atoms with Gasteiger partial charge in [-0.2, -0.15) is 5.26 Å². The van der Waals surface area contributed by atoms with E-state index in [-0.39, 0.29) is 6.61 Å². The van der Waals surface area contributed by atoms with Gasteiger partial charge in [0.25, 0.3) is 0 Å². The van der Waals surface area contributed by atoms with Crippen molar-refractivity contribution in [1.29, 1.82) is 5.26 Å². The van der Waals surface area contributed by atoms with Crippen molar-refractivity contribution in [3.05, 3.63) is 54.0 Å². The molecule has 0 spiro atoms. The predicted molar refractivity (Wildman–Crippen MR) is 109 cm³/mol. The molecule has 6 heteroatoms. The first kappa shape index (κ1) is 20.6. The van der Waals surface area contributed by atoms with Crippen LogP contribution in [0.5, 0.6) is 0 Å². The molecule has 1 aromatic carbocycles. The molecular weight excluding hydrogens is 340 g/mol. The van der Waals surface area contributed by atoms with E-state index in [1.165, 1.54) is 0 Å². The van der Waals surface area contributed by atoms with Crippen LogP contribution in [0.3, 0.4) is 0 Å². The summed E-state index contributed by atoms with van der Waals surface area (Å²) in [5, 5.41) is 23.4. The Bertz CT molecular complexity index is 878. The van der Waals surface area contributed by atoms with Crippen LogP contribution < -0.4 is 5.32 Å². The SMILES string of the molecule is C=C/C(=C\N(C)C(C)(CO)COCC)Nc1ccc(C)c2c(C#N)c[nH]c12. The number of aliphatic hydroxyl groups is 1. The van der Waals surface area contributed by atoms with Crippen molar-refractivity contribution in [1.82, 2.24) is 9.88 Å². The number of nitriles is 1. The summed E-state index contributed by atoms with van der Waals surface area (Å²) in [4.78, 5) is 5.10. The van der Waals surface area contributed by atoms with Gasteiger partial charge in [-0.25, -0.2) is 0 Å². The smallest absolute Gasteiger partial charge is 0.101 e. The highest BCUT2D eigenvalue weighted by Crippen LogP contribution is 2.29. The van der Waals surface area contributed by atoms with E-state index in [1.807, 2.05) is 51.1 Å². The third-order valence-electron chi connectivity index (χ3n) is 4.81. The number of aliphatic hydroxyl groups excluding tert-OH is 1. The number of aromatic amines is 1. The summed E-state index contributed by atoms with van der Waals surface area (Å²) >= 11 is 0. The van der Waals surface area contributed by atoms with E-state index in [0.29, 0.717) is 18.8 Å². The van der Waals surface area contributed by atoms with Crippen LogP contribution >= 0.6 is 0 Å². The molecule has 0 saturated carbocycles. The van der Waals surface area contributed by atoms with Crippen LogP contribution in [-0.4, -0.2) is 47.4 Å². The first-order valence-electron chi connectivity index (χ1n) is 8.93. The Morgan fingerprint density at radius 3 is 2.85 bits per heavy atom. The van der Waals surface area contributed by atoms with Gasteiger partial charge in [0.05, 0.1) is 41.2 Å². The number of anilines is 1. The minimum atomic E-state index is -0.547. The van der Waals surface area contributed by atoms with Gasteiger partial charge in [-0.3, -0.25) is 0 Å². The van der Waals surface area contributed by atoms with Crippen LogP contribution in [0.2, 0.25) is 0 Å². The molecule has 0 radical (unpaired) electrons. The molecule has 6 nitrogen and oxygen atoms in total. The molecule has 2 aromatic rings. The zero-order valence-corrected chi connectivity index (χ0v) is 16.5. The van der Waals surface area contributed by atoms with Crippen LogP contribution in [0, 0.1) is 18.3 Å². The number of allylic oxidation sites excluding steroid dienone is 1. The Labute approximate surface area is 160 Å². The molecule has 1 heterocycles. The first-order valence-corrected chi connectivity index (χ1v) is 8.93. The Kier molecular flexibility index (Phi) is 6.67. The summed E-state index contributed by atoms with van der Waals surface area (Å²) in [6.07, 6.45) is 5.33. The maximum absolute atomic E-state index is 9.83. The van der Waals surface area contributed by atoms with Crippen LogP contribution in [0.1, 0.15) is 25.0 Å². The largest absolute Gasteiger partial charge is 0.394 e. The Balaban J connectivity index is 2.34. The number of rotatable bonds is 9. The highest BCUT2D eigenvalue weighted by Gasteiger charge is 2.27. The lowest BCUT2D eigenvalue weighted by Gasteiger charge is -2.36. The number of hydrogen-bond donors (Lipinski definition) is 3. The molecule has 0 aliphatic heterocycles. The number of nitrogens with one attached hydrogen (secondary N) is 2. The van der Waals surface area contributed by atoms with Gasteiger partial charge in [-0.1, -0.05) is 12.6 Å². The molecule has 0 amide bonds. The Morgan fingerprint density at radius 1 is 1.52 bits per heavy atom. The standard InChI is InChI=1S/C21H28N4O2/c1-6-17(12-25(5)21(4,13-26)14-27-7-2)24-18-9-8-15(3)19-16(10-22)11-23-20(18)19/h6,8-9,11-12,23-24,26H,1,7,13-14H2,2-5H3/b17-12+. The van der Waals surface area contributed by atoms with Gasteiger partial charge in [0.1, 0.15) is 6.07 Å². The second-order valence-corrected chi connectivity index (χ2v) is 6.81. The lowest BCUT2D eigenvalue weighted by molar-refractivity contribution is 0.00524. The van der Waals surface area contributed by atoms with Gasteiger partial charge < -0.3 is 25.0 Å². The van der Waals surface area contributed by atoms with Crippen LogP contribution in [0.4, 0.5) is 5.69 Å². The van der Waals surface area contributed by atoms with Gasteiger partial charge in [0.2, 0.25) is 0 Å². The fourth-order valence-electron chi connectivity index (χ4n) is 2.85. The van der Waals surface area contributed by atoms with Crippen molar-refractivity contribution in [3.8, 4) is 6.07 Å². The average Bonchev–Trinajstić information content (AvgIpc) is 3.12. The Hall–Kier alpha value is -2.75. The van der Waals surface area contributed by atoms with Gasteiger partial charge in [-0.05, 0) is 38.5 Å². The van der Waals surface area contributed by atoms with Crippen molar-refractivity contribution in [3.63, 3.8) is 0 Å². The molecule has 144 valence electrons. The van der Waals surface area contributed by atoms with Crippen molar-refractivity contribution < 1.29 is 9.84 Å². The molecule has 0 fully saturated rings. The molecule has 3 N–H and O–H groups in total. The van der Waals surface area contributed by atoms with Crippen LogP contribution in [0.15, 0.2) is 42.9 Å². The summed E-state index contributed by atoms with van der Waals surface area (Å²) < 4.78 is 5.52. The van der Waals surface area contributed by atoms with E-state index in [9.17, 15) is 10.4 Å². The fraction of sp³-hybridized carbons (Fsp3) is 0.381. The third-order valence-corrected chi connectivity index (χ3v) is 4.81. The summed E-state index contributed by atoms with van der Waals surface area (Å²) in [5.41, 5.74) is 3.62. The zero-order valence-electron chi connectivity index (χ0n) is 16.5. The van der Waals surface area contributed by atoms with Crippen LogP contribution in [-0.2, 0) is 4.74 Å². The molecular formula is C21H28N4O2. The average molecular weight is 368 g/mol. The van der Waals surface area contributed by atoms with E-state index in [2.05, 4.69) is 22.9 Å². The van der Waals surface area contributed by atoms with E-state index in [4.69, 9.17) is 4.74 Å². The minimum absolute atomic E-state index is 0.0403. The molecule has 0 aliphatic carbocycles. The molecule has 0 bridgehead atoms. The highest BCUT2D eigenvalue weighted by molar-refractivity contribution is 5.97. The summed E-state index contributed by atoms with van der Waals surface area (Å²) in [6, 6.07) is 6.17. The number of H-pyrrole nitrogens is 1.